The molecule has 4 heteroatoms. The molecule has 0 spiro atoms. The molecule has 1 aliphatic rings. The highest BCUT2D eigenvalue weighted by Gasteiger charge is 2.20. The van der Waals surface area contributed by atoms with Crippen LogP contribution < -0.4 is 5.14 Å². The van der Waals surface area contributed by atoms with E-state index in [-0.39, 0.29) is 5.25 Å². The smallest absolute Gasteiger partial charge is 0.0920 e. The Morgan fingerprint density at radius 3 is 2.58 bits per heavy atom. The Kier molecular flexibility index (Phi) is 3.91. The van der Waals surface area contributed by atoms with Crippen molar-refractivity contribution in [3.05, 3.63) is 12.7 Å². The lowest BCUT2D eigenvalue weighted by atomic mass is 10.1. The fourth-order valence-electron chi connectivity index (χ4n) is 1.51. The number of rotatable bonds is 3. The molecule has 1 atom stereocenters. The minimum atomic E-state index is -1.12. The summed E-state index contributed by atoms with van der Waals surface area (Å²) in [6, 6.07) is 0. The average molecular weight is 188 g/mol. The summed E-state index contributed by atoms with van der Waals surface area (Å²) in [5.41, 5.74) is 0. The van der Waals surface area contributed by atoms with Gasteiger partial charge in [-0.2, -0.15) is 0 Å². The molecule has 1 fully saturated rings. The van der Waals surface area contributed by atoms with Crippen LogP contribution in [0.2, 0.25) is 0 Å². The Balaban J connectivity index is 2.29. The Morgan fingerprint density at radius 1 is 1.58 bits per heavy atom. The van der Waals surface area contributed by atoms with Gasteiger partial charge in [0.15, 0.2) is 0 Å². The van der Waals surface area contributed by atoms with Gasteiger partial charge in [0.1, 0.15) is 0 Å². The fourth-order valence-corrected chi connectivity index (χ4v) is 2.18. The number of piperidine rings is 1. The second-order valence-corrected chi connectivity index (χ2v) is 4.44. The molecule has 3 nitrogen and oxygen atoms in total. The normalized spacial score (nSPS) is 23.8. The van der Waals surface area contributed by atoms with Crippen LogP contribution in [0.25, 0.3) is 0 Å². The van der Waals surface area contributed by atoms with E-state index in [1.165, 1.54) is 0 Å². The van der Waals surface area contributed by atoms with Crippen LogP contribution >= 0.6 is 0 Å². The Morgan fingerprint density at radius 2 is 2.17 bits per heavy atom. The van der Waals surface area contributed by atoms with Crippen LogP contribution in [0, 0.1) is 0 Å². The highest BCUT2D eigenvalue weighted by atomic mass is 32.2. The summed E-state index contributed by atoms with van der Waals surface area (Å²) in [6.45, 7) is 6.62. The van der Waals surface area contributed by atoms with E-state index in [9.17, 15) is 4.21 Å². The summed E-state index contributed by atoms with van der Waals surface area (Å²) >= 11 is 0. The van der Waals surface area contributed by atoms with Crippen molar-refractivity contribution in [1.82, 2.24) is 4.90 Å². The molecule has 1 unspecified atom stereocenters. The Bertz CT molecular complexity index is 176. The van der Waals surface area contributed by atoms with E-state index in [0.29, 0.717) is 0 Å². The van der Waals surface area contributed by atoms with E-state index < -0.39 is 11.0 Å². The third-order valence-corrected chi connectivity index (χ3v) is 3.38. The van der Waals surface area contributed by atoms with Gasteiger partial charge in [-0.15, -0.1) is 6.58 Å². The molecule has 0 aromatic rings. The quantitative estimate of drug-likeness (QED) is 0.646. The first kappa shape index (κ1) is 9.89. The van der Waals surface area contributed by atoms with Crippen molar-refractivity contribution < 1.29 is 4.21 Å². The second kappa shape index (κ2) is 4.74. The molecule has 0 radical (unpaired) electrons. The minimum absolute atomic E-state index is 0.214. The lowest BCUT2D eigenvalue weighted by Crippen LogP contribution is -2.39. The van der Waals surface area contributed by atoms with Crippen LogP contribution in [0.4, 0.5) is 0 Å². The van der Waals surface area contributed by atoms with Crippen molar-refractivity contribution in [1.29, 1.82) is 0 Å². The van der Waals surface area contributed by atoms with Crippen molar-refractivity contribution in [3.8, 4) is 0 Å². The van der Waals surface area contributed by atoms with Crippen molar-refractivity contribution in [3.63, 3.8) is 0 Å². The molecule has 0 saturated carbocycles. The second-order valence-electron chi connectivity index (χ2n) is 3.12. The maximum atomic E-state index is 10.9. The molecule has 12 heavy (non-hydrogen) atoms. The van der Waals surface area contributed by atoms with Crippen LogP contribution in [-0.4, -0.2) is 34.0 Å². The van der Waals surface area contributed by atoms with Gasteiger partial charge >= 0.3 is 0 Å². The largest absolute Gasteiger partial charge is 0.300 e. The first-order chi connectivity index (χ1) is 5.74. The molecule has 0 aromatic heterocycles. The van der Waals surface area contributed by atoms with Gasteiger partial charge in [-0.3, -0.25) is 10.0 Å². The zero-order valence-corrected chi connectivity index (χ0v) is 8.05. The highest BCUT2D eigenvalue weighted by molar-refractivity contribution is 7.83. The summed E-state index contributed by atoms with van der Waals surface area (Å²) in [5, 5.41) is 5.53. The average Bonchev–Trinajstić information content (AvgIpc) is 2.06. The highest BCUT2D eigenvalue weighted by Crippen LogP contribution is 2.13. The summed E-state index contributed by atoms with van der Waals surface area (Å²) in [6.07, 6.45) is 3.81. The molecule has 1 heterocycles. The van der Waals surface area contributed by atoms with E-state index in [1.807, 2.05) is 6.08 Å². The fraction of sp³-hybridized carbons (Fsp3) is 0.750. The number of nitrogens with two attached hydrogens (primary N) is 1. The molecule has 0 bridgehead atoms. The van der Waals surface area contributed by atoms with E-state index in [1.54, 1.807) is 0 Å². The van der Waals surface area contributed by atoms with Crippen molar-refractivity contribution in [2.75, 3.05) is 19.6 Å². The Labute approximate surface area is 76.2 Å². The van der Waals surface area contributed by atoms with Gasteiger partial charge in [-0.25, -0.2) is 4.21 Å². The molecule has 2 N–H and O–H groups in total. The SMILES string of the molecule is C=CCN1CCC(S(N)=O)CC1. The number of hydrogen-bond donors (Lipinski definition) is 1. The summed E-state index contributed by atoms with van der Waals surface area (Å²) in [5.74, 6) is 0. The maximum Gasteiger partial charge on any atom is 0.0920 e. The zero-order valence-electron chi connectivity index (χ0n) is 7.24. The monoisotopic (exact) mass is 188 g/mol. The van der Waals surface area contributed by atoms with Gasteiger partial charge in [-0.1, -0.05) is 6.08 Å². The lowest BCUT2D eigenvalue weighted by molar-refractivity contribution is 0.254. The summed E-state index contributed by atoms with van der Waals surface area (Å²) < 4.78 is 10.9. The molecule has 1 rings (SSSR count). The van der Waals surface area contributed by atoms with Crippen LogP contribution in [0.1, 0.15) is 12.8 Å². The first-order valence-electron chi connectivity index (χ1n) is 4.22. The molecule has 0 aromatic carbocycles. The van der Waals surface area contributed by atoms with E-state index >= 15 is 0 Å². The van der Waals surface area contributed by atoms with Crippen molar-refractivity contribution in [2.45, 2.75) is 18.1 Å². The van der Waals surface area contributed by atoms with E-state index in [4.69, 9.17) is 5.14 Å². The van der Waals surface area contributed by atoms with Crippen molar-refractivity contribution >= 4 is 11.0 Å². The number of nitrogens with zero attached hydrogens (tertiary/aromatic N) is 1. The predicted octanol–water partition coefficient (Wildman–Crippen LogP) is 0.259. The van der Waals surface area contributed by atoms with Crippen LogP contribution in [-0.2, 0) is 11.0 Å². The number of hydrogen-bond acceptors (Lipinski definition) is 2. The van der Waals surface area contributed by atoms with Crippen LogP contribution in [0.3, 0.4) is 0 Å². The van der Waals surface area contributed by atoms with Crippen molar-refractivity contribution in [2.24, 2.45) is 5.14 Å². The van der Waals surface area contributed by atoms with Crippen LogP contribution in [0.5, 0.6) is 0 Å². The predicted molar refractivity (Wildman–Crippen MR) is 52.0 cm³/mol. The molecular weight excluding hydrogens is 172 g/mol. The summed E-state index contributed by atoms with van der Waals surface area (Å²) in [4.78, 5) is 2.30. The van der Waals surface area contributed by atoms with Gasteiger partial charge in [0, 0.05) is 6.54 Å². The molecule has 70 valence electrons. The Hall–Kier alpha value is -0.190. The van der Waals surface area contributed by atoms with E-state index in [2.05, 4.69) is 11.5 Å². The molecule has 1 saturated heterocycles. The molecular formula is C8H16N2OS. The minimum Gasteiger partial charge on any atom is -0.300 e. The maximum absolute atomic E-state index is 10.9. The third-order valence-electron chi connectivity index (χ3n) is 2.25. The van der Waals surface area contributed by atoms with Crippen LogP contribution in [0.15, 0.2) is 12.7 Å². The van der Waals surface area contributed by atoms with Gasteiger partial charge in [0.2, 0.25) is 0 Å². The third kappa shape index (κ3) is 2.69. The standard InChI is InChI=1S/C8H16N2OS/c1-2-5-10-6-3-8(4-7-10)12(9)11/h2,8H,1,3-7,9H2. The lowest BCUT2D eigenvalue weighted by Gasteiger charge is -2.29. The molecule has 0 aliphatic carbocycles. The first-order valence-corrected chi connectivity index (χ1v) is 5.50. The molecule has 1 aliphatic heterocycles. The van der Waals surface area contributed by atoms with Gasteiger partial charge in [0.05, 0.1) is 16.2 Å². The van der Waals surface area contributed by atoms with E-state index in [0.717, 1.165) is 32.5 Å². The molecule has 0 amide bonds. The van der Waals surface area contributed by atoms with Gasteiger partial charge in [-0.05, 0) is 25.9 Å². The van der Waals surface area contributed by atoms with Gasteiger partial charge < -0.3 is 0 Å². The zero-order chi connectivity index (χ0) is 8.97. The summed E-state index contributed by atoms with van der Waals surface area (Å²) in [7, 11) is -1.12. The number of likely N-dealkylation sites (tertiary alicyclic amines) is 1. The van der Waals surface area contributed by atoms with Gasteiger partial charge in [0.25, 0.3) is 0 Å². The topological polar surface area (TPSA) is 46.3 Å².